The number of rotatable bonds is 8. The van der Waals surface area contributed by atoms with E-state index in [2.05, 4.69) is 52.1 Å². The summed E-state index contributed by atoms with van der Waals surface area (Å²) < 4.78 is 5.61. The summed E-state index contributed by atoms with van der Waals surface area (Å²) in [5, 5.41) is 18.8. The van der Waals surface area contributed by atoms with Gasteiger partial charge in [-0.2, -0.15) is 5.26 Å². The van der Waals surface area contributed by atoms with Gasteiger partial charge in [0, 0.05) is 24.2 Å². The van der Waals surface area contributed by atoms with Crippen LogP contribution in [0.15, 0.2) is 57.9 Å². The predicted octanol–water partition coefficient (Wildman–Crippen LogP) is 3.88. The molecule has 2 heterocycles. The highest BCUT2D eigenvalue weighted by atomic mass is 16.3. The van der Waals surface area contributed by atoms with Gasteiger partial charge < -0.3 is 20.0 Å². The molecule has 2 amide bonds. The summed E-state index contributed by atoms with van der Waals surface area (Å²) in [5.74, 6) is 0.587. The molecule has 1 aliphatic heterocycles. The summed E-state index contributed by atoms with van der Waals surface area (Å²) >= 11 is 0. The van der Waals surface area contributed by atoms with E-state index < -0.39 is 6.04 Å². The Hall–Kier alpha value is -4.32. The molecule has 1 aliphatic rings. The molecule has 0 bridgehead atoms. The van der Waals surface area contributed by atoms with Crippen LogP contribution in [-0.4, -0.2) is 48.3 Å². The van der Waals surface area contributed by atoms with Gasteiger partial charge in [-0.25, -0.2) is 4.99 Å². The highest BCUT2D eigenvalue weighted by Gasteiger charge is 2.28. The van der Waals surface area contributed by atoms with E-state index in [-0.39, 0.29) is 24.3 Å². The van der Waals surface area contributed by atoms with E-state index in [0.717, 1.165) is 48.0 Å². The monoisotopic (exact) mass is 514 g/mol. The van der Waals surface area contributed by atoms with Crippen molar-refractivity contribution in [3.63, 3.8) is 0 Å². The Morgan fingerprint density at radius 1 is 1.16 bits per heavy atom. The van der Waals surface area contributed by atoms with Crippen LogP contribution in [0.2, 0.25) is 0 Å². The lowest BCUT2D eigenvalue weighted by Gasteiger charge is -2.22. The minimum absolute atomic E-state index is 0.00935. The zero-order valence-electron chi connectivity index (χ0n) is 21.9. The molecule has 9 heteroatoms. The van der Waals surface area contributed by atoms with Gasteiger partial charge in [-0.05, 0) is 74.4 Å². The van der Waals surface area contributed by atoms with Crippen molar-refractivity contribution in [2.75, 3.05) is 25.0 Å². The number of amides is 2. The van der Waals surface area contributed by atoms with E-state index in [0.29, 0.717) is 25.2 Å². The number of furan rings is 1. The highest BCUT2D eigenvalue weighted by Crippen LogP contribution is 2.23. The van der Waals surface area contributed by atoms with Gasteiger partial charge in [-0.3, -0.25) is 14.9 Å². The van der Waals surface area contributed by atoms with Crippen LogP contribution >= 0.6 is 0 Å². The molecule has 0 radical (unpaired) electrons. The van der Waals surface area contributed by atoms with Gasteiger partial charge in [0.1, 0.15) is 17.4 Å². The standard InChI is InChI=1S/C29H34N6O3/c1-3-21-7-9-22(10-8-21)13-14-31-27(36)18-35-15-5-4-6-25(28(35)37)34-29(32-19-30)33-24-11-12-26-23(17-24)16-20(2)38-26/h7-12,16-17,25H,3-6,13-15,18H2,1-2H3,(H,31,36)(H2,32,33,34)/t25-/m0/s1. The zero-order chi connectivity index (χ0) is 26.9. The molecule has 1 aromatic heterocycles. The van der Waals surface area contributed by atoms with Crippen molar-refractivity contribution in [3.05, 3.63) is 65.4 Å². The van der Waals surface area contributed by atoms with E-state index in [4.69, 9.17) is 4.42 Å². The molecule has 1 saturated heterocycles. The molecular formula is C29H34N6O3. The summed E-state index contributed by atoms with van der Waals surface area (Å²) in [7, 11) is 0. The molecule has 198 valence electrons. The third kappa shape index (κ3) is 7.13. The molecule has 0 aliphatic carbocycles. The maximum absolute atomic E-state index is 13.3. The lowest BCUT2D eigenvalue weighted by molar-refractivity contribution is -0.136. The Bertz CT molecular complexity index is 1340. The van der Waals surface area contributed by atoms with Crippen molar-refractivity contribution < 1.29 is 14.0 Å². The number of benzene rings is 2. The molecule has 2 aromatic carbocycles. The van der Waals surface area contributed by atoms with Gasteiger partial charge in [0.25, 0.3) is 0 Å². The number of nitriles is 1. The number of nitrogens with zero attached hydrogens (tertiary/aromatic N) is 3. The largest absolute Gasteiger partial charge is 0.461 e. The predicted molar refractivity (Wildman–Crippen MR) is 148 cm³/mol. The number of anilines is 1. The smallest absolute Gasteiger partial charge is 0.247 e. The fraction of sp³-hybridized carbons (Fsp3) is 0.379. The average Bonchev–Trinajstić information content (AvgIpc) is 3.20. The summed E-state index contributed by atoms with van der Waals surface area (Å²) in [6.45, 7) is 5.00. The van der Waals surface area contributed by atoms with Gasteiger partial charge in [0.15, 0.2) is 6.19 Å². The third-order valence-corrected chi connectivity index (χ3v) is 6.62. The number of hydrogen-bond donors (Lipinski definition) is 3. The van der Waals surface area contributed by atoms with Crippen LogP contribution in [0, 0.1) is 18.4 Å². The SMILES string of the molecule is CCc1ccc(CCNC(=O)CN2CCCC[C@H](N=C(NC#N)Nc3ccc4oc(C)cc4c3)C2=O)cc1. The molecule has 38 heavy (non-hydrogen) atoms. The molecule has 1 fully saturated rings. The maximum Gasteiger partial charge on any atom is 0.247 e. The number of fused-ring (bicyclic) bond motifs is 1. The molecule has 0 unspecified atom stereocenters. The van der Waals surface area contributed by atoms with E-state index >= 15 is 0 Å². The van der Waals surface area contributed by atoms with Crippen molar-refractivity contribution in [1.29, 1.82) is 5.26 Å². The summed E-state index contributed by atoms with van der Waals surface area (Å²) in [4.78, 5) is 32.0. The number of nitrogens with one attached hydrogen (secondary N) is 3. The lowest BCUT2D eigenvalue weighted by atomic mass is 10.1. The molecule has 0 saturated carbocycles. The highest BCUT2D eigenvalue weighted by molar-refractivity contribution is 5.98. The molecule has 1 atom stereocenters. The number of guanidine groups is 1. The Morgan fingerprint density at radius 3 is 2.71 bits per heavy atom. The van der Waals surface area contributed by atoms with Crippen LogP contribution < -0.4 is 16.0 Å². The average molecular weight is 515 g/mol. The van der Waals surface area contributed by atoms with Crippen molar-refractivity contribution in [1.82, 2.24) is 15.5 Å². The molecule has 0 spiro atoms. The van der Waals surface area contributed by atoms with E-state index in [1.54, 1.807) is 4.90 Å². The lowest BCUT2D eigenvalue weighted by Crippen LogP contribution is -2.44. The molecular weight excluding hydrogens is 480 g/mol. The first-order valence-electron chi connectivity index (χ1n) is 13.1. The normalized spacial score (nSPS) is 16.1. The Kier molecular flexibility index (Phi) is 8.98. The van der Waals surface area contributed by atoms with E-state index in [9.17, 15) is 14.9 Å². The third-order valence-electron chi connectivity index (χ3n) is 6.62. The Balaban J connectivity index is 1.36. The summed E-state index contributed by atoms with van der Waals surface area (Å²) in [5.41, 5.74) is 3.92. The van der Waals surface area contributed by atoms with E-state index in [1.165, 1.54) is 5.56 Å². The number of hydrogen-bond acceptors (Lipinski definition) is 5. The second-order valence-corrected chi connectivity index (χ2v) is 9.49. The second kappa shape index (κ2) is 12.8. The van der Waals surface area contributed by atoms with Crippen LogP contribution in [0.3, 0.4) is 0 Å². The van der Waals surface area contributed by atoms with Gasteiger partial charge in [-0.1, -0.05) is 31.2 Å². The summed E-state index contributed by atoms with van der Waals surface area (Å²) in [6, 6.07) is 15.2. The molecule has 3 N–H and O–H groups in total. The van der Waals surface area contributed by atoms with Crippen LogP contribution in [0.5, 0.6) is 0 Å². The first-order chi connectivity index (χ1) is 18.4. The summed E-state index contributed by atoms with van der Waals surface area (Å²) in [6.07, 6.45) is 5.75. The zero-order valence-corrected chi connectivity index (χ0v) is 21.9. The van der Waals surface area contributed by atoms with E-state index in [1.807, 2.05) is 37.4 Å². The minimum Gasteiger partial charge on any atom is -0.461 e. The van der Waals surface area contributed by atoms with Crippen molar-refractivity contribution in [2.24, 2.45) is 4.99 Å². The van der Waals surface area contributed by atoms with Crippen LogP contribution in [0.25, 0.3) is 11.0 Å². The van der Waals surface area contributed by atoms with Gasteiger partial charge in [0.2, 0.25) is 17.8 Å². The maximum atomic E-state index is 13.3. The number of aliphatic imine (C=N–C) groups is 1. The first kappa shape index (κ1) is 26.7. The first-order valence-corrected chi connectivity index (χ1v) is 13.1. The quantitative estimate of drug-likeness (QED) is 0.181. The minimum atomic E-state index is -0.689. The number of carbonyl (C=O) groups is 2. The van der Waals surface area contributed by atoms with Gasteiger partial charge in [-0.15, -0.1) is 0 Å². The number of carbonyl (C=O) groups excluding carboxylic acids is 2. The number of likely N-dealkylation sites (tertiary alicyclic amines) is 1. The van der Waals surface area contributed by atoms with Gasteiger partial charge in [0.05, 0.1) is 6.54 Å². The molecule has 3 aromatic rings. The van der Waals surface area contributed by atoms with Crippen LogP contribution in [0.4, 0.5) is 5.69 Å². The Labute approximate surface area is 222 Å². The topological polar surface area (TPSA) is 123 Å². The van der Waals surface area contributed by atoms with Crippen LogP contribution in [-0.2, 0) is 22.4 Å². The fourth-order valence-electron chi connectivity index (χ4n) is 4.57. The number of aryl methyl sites for hydroxylation is 2. The second-order valence-electron chi connectivity index (χ2n) is 9.49. The Morgan fingerprint density at radius 2 is 1.95 bits per heavy atom. The van der Waals surface area contributed by atoms with Gasteiger partial charge >= 0.3 is 0 Å². The van der Waals surface area contributed by atoms with Crippen molar-refractivity contribution >= 4 is 34.4 Å². The van der Waals surface area contributed by atoms with Crippen molar-refractivity contribution in [2.45, 2.75) is 52.0 Å². The molecule has 9 nitrogen and oxygen atoms in total. The molecule has 4 rings (SSSR count). The van der Waals surface area contributed by atoms with Crippen LogP contribution in [0.1, 0.15) is 43.1 Å². The van der Waals surface area contributed by atoms with Crippen molar-refractivity contribution in [3.8, 4) is 6.19 Å². The fourth-order valence-corrected chi connectivity index (χ4v) is 4.57.